The van der Waals surface area contributed by atoms with E-state index in [1.54, 1.807) is 29.6 Å². The molecule has 0 aromatic carbocycles. The van der Waals surface area contributed by atoms with Crippen molar-refractivity contribution in [2.45, 2.75) is 6.42 Å². The molecule has 1 atom stereocenters. The fourth-order valence-corrected chi connectivity index (χ4v) is 2.49. The molecule has 8 heteroatoms. The Kier molecular flexibility index (Phi) is 3.39. The largest absolute Gasteiger partial charge is 0.395 e. The number of rotatable bonds is 1. The minimum Gasteiger partial charge on any atom is -0.395 e. The first-order valence-corrected chi connectivity index (χ1v) is 6.84. The van der Waals surface area contributed by atoms with E-state index in [0.29, 0.717) is 36.3 Å². The third-order valence-corrected chi connectivity index (χ3v) is 3.75. The summed E-state index contributed by atoms with van der Waals surface area (Å²) < 4.78 is 1.26. The van der Waals surface area contributed by atoms with E-state index in [4.69, 9.17) is 16.7 Å². The van der Waals surface area contributed by atoms with E-state index < -0.39 is 0 Å². The van der Waals surface area contributed by atoms with Crippen LogP contribution >= 0.6 is 0 Å². The van der Waals surface area contributed by atoms with Gasteiger partial charge >= 0.3 is 6.03 Å². The van der Waals surface area contributed by atoms with E-state index >= 15 is 0 Å². The van der Waals surface area contributed by atoms with Crippen LogP contribution in [-0.2, 0) is 0 Å². The summed E-state index contributed by atoms with van der Waals surface area (Å²) in [7, 11) is 0. The average Bonchev–Trinajstić information content (AvgIpc) is 3.18. The molecule has 1 fully saturated rings. The second-order valence-electron chi connectivity index (χ2n) is 5.17. The van der Waals surface area contributed by atoms with Gasteiger partial charge in [-0.15, -0.1) is 0 Å². The minimum absolute atomic E-state index is 0.102. The SMILES string of the molecule is N#CC1CCN(C(=O)n2cc(-c3ccnc(N)c3N)cn2)C1. The number of pyridine rings is 1. The van der Waals surface area contributed by atoms with Gasteiger partial charge in [-0.25, -0.2) is 9.78 Å². The van der Waals surface area contributed by atoms with Crippen molar-refractivity contribution in [1.29, 1.82) is 5.26 Å². The number of carbonyl (C=O) groups excluding carboxylic acids is 1. The van der Waals surface area contributed by atoms with Crippen molar-refractivity contribution in [1.82, 2.24) is 19.7 Å². The number of hydrogen-bond donors (Lipinski definition) is 2. The Bertz CT molecular complexity index is 761. The van der Waals surface area contributed by atoms with Gasteiger partial charge in [0.25, 0.3) is 0 Å². The Morgan fingerprint density at radius 2 is 2.27 bits per heavy atom. The van der Waals surface area contributed by atoms with Gasteiger partial charge in [-0.05, 0) is 12.5 Å². The Labute approximate surface area is 126 Å². The third kappa shape index (κ3) is 2.33. The molecular formula is C14H15N7O. The van der Waals surface area contributed by atoms with Gasteiger partial charge in [0, 0.05) is 36.6 Å². The number of hydrogen-bond acceptors (Lipinski definition) is 6. The Balaban J connectivity index is 1.84. The lowest BCUT2D eigenvalue weighted by atomic mass is 10.1. The lowest BCUT2D eigenvalue weighted by Gasteiger charge is -2.14. The van der Waals surface area contributed by atoms with Crippen molar-refractivity contribution < 1.29 is 4.79 Å². The fraction of sp³-hybridized carbons (Fsp3) is 0.286. The summed E-state index contributed by atoms with van der Waals surface area (Å²) in [4.78, 5) is 17.9. The predicted molar refractivity (Wildman–Crippen MR) is 80.4 cm³/mol. The molecule has 4 N–H and O–H groups in total. The van der Waals surface area contributed by atoms with Gasteiger partial charge in [0.1, 0.15) is 5.82 Å². The molecule has 1 amide bonds. The topological polar surface area (TPSA) is 127 Å². The number of aromatic nitrogens is 3. The van der Waals surface area contributed by atoms with Crippen LogP contribution in [0.2, 0.25) is 0 Å². The third-order valence-electron chi connectivity index (χ3n) is 3.75. The Hall–Kier alpha value is -3.08. The van der Waals surface area contributed by atoms with Crippen LogP contribution in [0.3, 0.4) is 0 Å². The van der Waals surface area contributed by atoms with Crippen LogP contribution in [0.4, 0.5) is 16.3 Å². The number of amides is 1. The Morgan fingerprint density at radius 1 is 1.45 bits per heavy atom. The van der Waals surface area contributed by atoms with E-state index in [1.807, 2.05) is 0 Å². The number of nitrogens with zero attached hydrogens (tertiary/aromatic N) is 5. The lowest BCUT2D eigenvalue weighted by Crippen LogP contribution is -2.32. The molecule has 0 bridgehead atoms. The van der Waals surface area contributed by atoms with Crippen molar-refractivity contribution in [3.8, 4) is 17.2 Å². The summed E-state index contributed by atoms with van der Waals surface area (Å²) in [5.74, 6) is 0.141. The lowest BCUT2D eigenvalue weighted by molar-refractivity contribution is 0.206. The van der Waals surface area contributed by atoms with Gasteiger partial charge in [0.05, 0.1) is 23.9 Å². The fourth-order valence-electron chi connectivity index (χ4n) is 2.49. The molecular weight excluding hydrogens is 282 g/mol. The number of anilines is 2. The number of nitrogens with two attached hydrogens (primary N) is 2. The standard InChI is InChI=1S/C14H15N7O/c15-5-9-2-4-20(7-9)14(22)21-8-10(6-19-21)11-1-3-18-13(17)12(11)16/h1,3,6,8-9H,2,4,7,16H2,(H2,17,18). The highest BCUT2D eigenvalue weighted by molar-refractivity contribution is 5.83. The van der Waals surface area contributed by atoms with Gasteiger partial charge in [0.2, 0.25) is 0 Å². The smallest absolute Gasteiger partial charge is 0.344 e. The van der Waals surface area contributed by atoms with Crippen LogP contribution in [0.25, 0.3) is 11.1 Å². The molecule has 1 aliphatic rings. The number of nitrogen functional groups attached to an aromatic ring is 2. The molecule has 1 aliphatic heterocycles. The van der Waals surface area contributed by atoms with Crippen molar-refractivity contribution in [3.63, 3.8) is 0 Å². The second kappa shape index (κ2) is 5.37. The number of likely N-dealkylation sites (tertiary alicyclic amines) is 1. The molecule has 8 nitrogen and oxygen atoms in total. The summed E-state index contributed by atoms with van der Waals surface area (Å²) in [6.07, 6.45) is 5.41. The van der Waals surface area contributed by atoms with Gasteiger partial charge in [0.15, 0.2) is 0 Å². The monoisotopic (exact) mass is 297 g/mol. The molecule has 0 spiro atoms. The molecule has 112 valence electrons. The molecule has 2 aromatic rings. The summed E-state index contributed by atoms with van der Waals surface area (Å²) >= 11 is 0. The summed E-state index contributed by atoms with van der Waals surface area (Å²) in [6.45, 7) is 1.01. The zero-order valence-corrected chi connectivity index (χ0v) is 11.8. The summed E-state index contributed by atoms with van der Waals surface area (Å²) in [5.41, 5.74) is 13.3. The van der Waals surface area contributed by atoms with Crippen LogP contribution in [0.15, 0.2) is 24.7 Å². The number of nitriles is 1. The molecule has 3 heterocycles. The van der Waals surface area contributed by atoms with Gasteiger partial charge < -0.3 is 16.4 Å². The van der Waals surface area contributed by atoms with E-state index in [-0.39, 0.29) is 17.8 Å². The summed E-state index contributed by atoms with van der Waals surface area (Å²) in [5, 5.41) is 13.0. The predicted octanol–water partition coefficient (Wildman–Crippen LogP) is 0.923. The van der Waals surface area contributed by atoms with Gasteiger partial charge in [-0.1, -0.05) is 0 Å². The van der Waals surface area contributed by atoms with E-state index in [1.165, 1.54) is 4.68 Å². The molecule has 1 unspecified atom stereocenters. The molecule has 0 aliphatic carbocycles. The van der Waals surface area contributed by atoms with Crippen LogP contribution in [0.5, 0.6) is 0 Å². The first-order valence-electron chi connectivity index (χ1n) is 6.84. The van der Waals surface area contributed by atoms with Gasteiger partial charge in [-0.3, -0.25) is 0 Å². The van der Waals surface area contributed by atoms with E-state index in [2.05, 4.69) is 16.2 Å². The number of carbonyl (C=O) groups is 1. The molecule has 0 radical (unpaired) electrons. The van der Waals surface area contributed by atoms with E-state index in [9.17, 15) is 4.79 Å². The zero-order valence-electron chi connectivity index (χ0n) is 11.8. The highest BCUT2D eigenvalue weighted by Gasteiger charge is 2.27. The highest BCUT2D eigenvalue weighted by Crippen LogP contribution is 2.28. The van der Waals surface area contributed by atoms with E-state index in [0.717, 1.165) is 0 Å². The first kappa shape index (κ1) is 13.9. The van der Waals surface area contributed by atoms with Crippen LogP contribution < -0.4 is 11.5 Å². The minimum atomic E-state index is -0.246. The zero-order chi connectivity index (χ0) is 15.7. The van der Waals surface area contributed by atoms with Crippen molar-refractivity contribution in [2.24, 2.45) is 5.92 Å². The normalized spacial score (nSPS) is 17.4. The highest BCUT2D eigenvalue weighted by atomic mass is 16.2. The quantitative estimate of drug-likeness (QED) is 0.805. The maximum Gasteiger partial charge on any atom is 0.344 e. The first-order chi connectivity index (χ1) is 10.6. The maximum atomic E-state index is 12.4. The van der Waals surface area contributed by atoms with Crippen molar-refractivity contribution in [2.75, 3.05) is 24.6 Å². The molecule has 0 saturated carbocycles. The van der Waals surface area contributed by atoms with Gasteiger partial charge in [-0.2, -0.15) is 15.0 Å². The molecule has 3 rings (SSSR count). The molecule has 2 aromatic heterocycles. The molecule has 22 heavy (non-hydrogen) atoms. The van der Waals surface area contributed by atoms with Crippen LogP contribution in [0, 0.1) is 17.2 Å². The average molecular weight is 297 g/mol. The van der Waals surface area contributed by atoms with Crippen LogP contribution in [-0.4, -0.2) is 38.8 Å². The Morgan fingerprint density at radius 3 is 3.00 bits per heavy atom. The van der Waals surface area contributed by atoms with Crippen LogP contribution in [0.1, 0.15) is 6.42 Å². The second-order valence-corrected chi connectivity index (χ2v) is 5.17. The summed E-state index contributed by atoms with van der Waals surface area (Å²) in [6, 6.07) is 3.66. The van der Waals surface area contributed by atoms with Crippen molar-refractivity contribution >= 4 is 17.5 Å². The maximum absolute atomic E-state index is 12.4. The molecule has 1 saturated heterocycles. The van der Waals surface area contributed by atoms with Crippen molar-refractivity contribution in [3.05, 3.63) is 24.7 Å².